The maximum absolute atomic E-state index is 12.9. The van der Waals surface area contributed by atoms with Crippen molar-refractivity contribution in [2.24, 2.45) is 0 Å². The van der Waals surface area contributed by atoms with E-state index in [1.165, 1.54) is 28.7 Å². The Kier molecular flexibility index (Phi) is 6.10. The number of halogens is 1. The van der Waals surface area contributed by atoms with Crippen molar-refractivity contribution < 1.29 is 17.9 Å². The summed E-state index contributed by atoms with van der Waals surface area (Å²) in [5, 5.41) is 7.25. The zero-order valence-corrected chi connectivity index (χ0v) is 18.4. The Bertz CT molecular complexity index is 1210. The van der Waals surface area contributed by atoms with Gasteiger partial charge >= 0.3 is 0 Å². The maximum atomic E-state index is 12.9. The van der Waals surface area contributed by atoms with Gasteiger partial charge in [-0.25, -0.2) is 13.1 Å². The number of aromatic nitrogens is 2. The number of hydrogen-bond donors (Lipinski definition) is 1. The van der Waals surface area contributed by atoms with Crippen LogP contribution in [0.2, 0.25) is 5.02 Å². The minimum atomic E-state index is -3.71. The number of anilines is 1. The average molecular weight is 461 g/mol. The molecule has 1 aromatic heterocycles. The molecule has 10 heteroatoms. The van der Waals surface area contributed by atoms with Gasteiger partial charge in [0.25, 0.3) is 5.91 Å². The Hall–Kier alpha value is -2.72. The molecule has 2 aromatic carbocycles. The van der Waals surface area contributed by atoms with Gasteiger partial charge in [-0.1, -0.05) is 29.8 Å². The largest absolute Gasteiger partial charge is 0.379 e. The average Bonchev–Trinajstić information content (AvgIpc) is 3.17. The fourth-order valence-corrected chi connectivity index (χ4v) is 4.95. The number of hydrogen-bond acceptors (Lipinski definition) is 5. The van der Waals surface area contributed by atoms with Crippen molar-refractivity contribution in [1.82, 2.24) is 14.1 Å². The van der Waals surface area contributed by atoms with Crippen LogP contribution in [0.25, 0.3) is 5.69 Å². The van der Waals surface area contributed by atoms with E-state index in [2.05, 4.69) is 10.4 Å². The standard InChI is InChI=1S/C21H21ClN4O4S/c1-15-18(14-23-26(15)16-5-3-2-4-6-16)21(27)24-20-13-17(7-8-19(20)22)31(28,29)25-9-11-30-12-10-25/h2-8,13-14H,9-12H2,1H3,(H,24,27). The Balaban J connectivity index is 1.59. The van der Waals surface area contributed by atoms with Gasteiger partial charge in [-0.15, -0.1) is 0 Å². The summed E-state index contributed by atoms with van der Waals surface area (Å²) in [6.07, 6.45) is 1.47. The molecule has 162 valence electrons. The quantitative estimate of drug-likeness (QED) is 0.631. The van der Waals surface area contributed by atoms with Gasteiger partial charge in [-0.05, 0) is 37.3 Å². The highest BCUT2D eigenvalue weighted by molar-refractivity contribution is 7.89. The molecule has 8 nitrogen and oxygen atoms in total. The lowest BCUT2D eigenvalue weighted by Gasteiger charge is -2.26. The van der Waals surface area contributed by atoms with E-state index in [1.54, 1.807) is 11.6 Å². The zero-order valence-electron chi connectivity index (χ0n) is 16.8. The molecule has 0 radical (unpaired) electrons. The number of nitrogens with one attached hydrogen (secondary N) is 1. The number of para-hydroxylation sites is 1. The van der Waals surface area contributed by atoms with Gasteiger partial charge in [0, 0.05) is 13.1 Å². The molecule has 31 heavy (non-hydrogen) atoms. The van der Waals surface area contributed by atoms with E-state index >= 15 is 0 Å². The highest BCUT2D eigenvalue weighted by Crippen LogP contribution is 2.28. The number of ether oxygens (including phenoxy) is 1. The predicted molar refractivity (Wildman–Crippen MR) is 117 cm³/mol. The molecule has 0 aliphatic carbocycles. The van der Waals surface area contributed by atoms with Crippen molar-refractivity contribution in [1.29, 1.82) is 0 Å². The molecule has 1 amide bonds. The number of nitrogens with zero attached hydrogens (tertiary/aromatic N) is 3. The fraction of sp³-hybridized carbons (Fsp3) is 0.238. The van der Waals surface area contributed by atoms with E-state index in [9.17, 15) is 13.2 Å². The molecule has 0 saturated carbocycles. The minimum absolute atomic E-state index is 0.0609. The molecule has 2 heterocycles. The number of morpholine rings is 1. The van der Waals surface area contributed by atoms with Crippen LogP contribution in [0, 0.1) is 6.92 Å². The van der Waals surface area contributed by atoms with Crippen LogP contribution in [-0.4, -0.2) is 54.7 Å². The van der Waals surface area contributed by atoms with Crippen molar-refractivity contribution in [3.63, 3.8) is 0 Å². The molecule has 0 atom stereocenters. The van der Waals surface area contributed by atoms with E-state index in [-0.39, 0.29) is 28.7 Å². The van der Waals surface area contributed by atoms with E-state index in [0.29, 0.717) is 24.5 Å². The summed E-state index contributed by atoms with van der Waals surface area (Å²) in [7, 11) is -3.71. The summed E-state index contributed by atoms with van der Waals surface area (Å²) < 4.78 is 34.1. The monoisotopic (exact) mass is 460 g/mol. The molecule has 0 spiro atoms. The van der Waals surface area contributed by atoms with Gasteiger partial charge in [0.2, 0.25) is 10.0 Å². The summed E-state index contributed by atoms with van der Waals surface area (Å²) in [5.41, 5.74) is 2.06. The fourth-order valence-electron chi connectivity index (χ4n) is 3.35. The number of carbonyl (C=O) groups excluding carboxylic acids is 1. The van der Waals surface area contributed by atoms with E-state index in [0.717, 1.165) is 5.69 Å². The molecule has 1 saturated heterocycles. The SMILES string of the molecule is Cc1c(C(=O)Nc2cc(S(=O)(=O)N3CCOCC3)ccc2Cl)cnn1-c1ccccc1. The van der Waals surface area contributed by atoms with Gasteiger partial charge in [0.05, 0.1) is 52.0 Å². The number of carbonyl (C=O) groups is 1. The number of amides is 1. The molecule has 0 bridgehead atoms. The Morgan fingerprint density at radius 2 is 1.84 bits per heavy atom. The van der Waals surface area contributed by atoms with Crippen molar-refractivity contribution in [3.8, 4) is 5.69 Å². The van der Waals surface area contributed by atoms with Crippen molar-refractivity contribution >= 4 is 33.2 Å². The van der Waals surface area contributed by atoms with Gasteiger partial charge < -0.3 is 10.1 Å². The molecule has 3 aromatic rings. The lowest BCUT2D eigenvalue weighted by Crippen LogP contribution is -2.40. The summed E-state index contributed by atoms with van der Waals surface area (Å²) in [6, 6.07) is 13.7. The van der Waals surface area contributed by atoms with Crippen LogP contribution in [-0.2, 0) is 14.8 Å². The third kappa shape index (κ3) is 4.35. The highest BCUT2D eigenvalue weighted by Gasteiger charge is 2.27. The summed E-state index contributed by atoms with van der Waals surface area (Å²) in [4.78, 5) is 13.0. The first kappa shape index (κ1) is 21.5. The van der Waals surface area contributed by atoms with E-state index < -0.39 is 15.9 Å². The van der Waals surface area contributed by atoms with Crippen LogP contribution in [0.3, 0.4) is 0 Å². The van der Waals surface area contributed by atoms with E-state index in [4.69, 9.17) is 16.3 Å². The van der Waals surface area contributed by atoms with Crippen LogP contribution in [0.1, 0.15) is 16.1 Å². The lowest BCUT2D eigenvalue weighted by atomic mass is 10.2. The van der Waals surface area contributed by atoms with Crippen LogP contribution >= 0.6 is 11.6 Å². The second-order valence-corrected chi connectivity index (χ2v) is 9.35. The Morgan fingerprint density at radius 1 is 1.13 bits per heavy atom. The Labute approximate surface area is 185 Å². The zero-order chi connectivity index (χ0) is 22.0. The molecule has 0 unspecified atom stereocenters. The molecule has 1 fully saturated rings. The van der Waals surface area contributed by atoms with Crippen LogP contribution in [0.5, 0.6) is 0 Å². The van der Waals surface area contributed by atoms with E-state index in [1.807, 2.05) is 30.3 Å². The Morgan fingerprint density at radius 3 is 2.55 bits per heavy atom. The van der Waals surface area contributed by atoms with Crippen molar-refractivity contribution in [2.75, 3.05) is 31.6 Å². The molecular weight excluding hydrogens is 440 g/mol. The molecule has 1 N–H and O–H groups in total. The smallest absolute Gasteiger partial charge is 0.259 e. The first-order valence-electron chi connectivity index (χ1n) is 9.67. The topological polar surface area (TPSA) is 93.5 Å². The van der Waals surface area contributed by atoms with Crippen molar-refractivity contribution in [2.45, 2.75) is 11.8 Å². The van der Waals surface area contributed by atoms with Crippen LogP contribution in [0.15, 0.2) is 59.6 Å². The second-order valence-electron chi connectivity index (χ2n) is 7.00. The predicted octanol–water partition coefficient (Wildman–Crippen LogP) is 3.11. The van der Waals surface area contributed by atoms with Gasteiger partial charge in [0.1, 0.15) is 0 Å². The number of rotatable bonds is 5. The summed E-state index contributed by atoms with van der Waals surface area (Å²) in [5.74, 6) is -0.428. The second kappa shape index (κ2) is 8.80. The number of benzene rings is 2. The van der Waals surface area contributed by atoms with Gasteiger partial charge in [-0.3, -0.25) is 4.79 Å². The molecule has 1 aliphatic rings. The maximum Gasteiger partial charge on any atom is 0.259 e. The summed E-state index contributed by atoms with van der Waals surface area (Å²) in [6.45, 7) is 3.05. The van der Waals surface area contributed by atoms with Gasteiger partial charge in [0.15, 0.2) is 0 Å². The van der Waals surface area contributed by atoms with Crippen molar-refractivity contribution in [3.05, 3.63) is 71.0 Å². The first-order valence-corrected chi connectivity index (χ1v) is 11.5. The van der Waals surface area contributed by atoms with Crippen LogP contribution in [0.4, 0.5) is 5.69 Å². The summed E-state index contributed by atoms with van der Waals surface area (Å²) >= 11 is 6.24. The lowest BCUT2D eigenvalue weighted by molar-refractivity contribution is 0.0730. The highest BCUT2D eigenvalue weighted by atomic mass is 35.5. The molecular formula is C21H21ClN4O4S. The first-order chi connectivity index (χ1) is 14.9. The third-order valence-corrected chi connectivity index (χ3v) is 7.27. The minimum Gasteiger partial charge on any atom is -0.379 e. The third-order valence-electron chi connectivity index (χ3n) is 5.05. The molecule has 1 aliphatic heterocycles. The number of sulfonamides is 1. The van der Waals surface area contributed by atoms with Gasteiger partial charge in [-0.2, -0.15) is 9.40 Å². The molecule has 4 rings (SSSR count). The normalized spacial score (nSPS) is 15.0. The van der Waals surface area contributed by atoms with Crippen LogP contribution < -0.4 is 5.32 Å².